The van der Waals surface area contributed by atoms with Crippen molar-refractivity contribution < 1.29 is 23.4 Å². The number of fused-ring (bicyclic) bond motifs is 1. The zero-order valence-corrected chi connectivity index (χ0v) is 16.4. The fourth-order valence-corrected chi connectivity index (χ4v) is 2.91. The first kappa shape index (κ1) is 19.3. The summed E-state index contributed by atoms with van der Waals surface area (Å²) in [5.41, 5.74) is 1.71. The molecule has 1 aromatic heterocycles. The van der Waals surface area contributed by atoms with Gasteiger partial charge >= 0.3 is 11.7 Å². The van der Waals surface area contributed by atoms with Crippen molar-refractivity contribution in [2.45, 2.75) is 6.92 Å². The van der Waals surface area contributed by atoms with E-state index in [1.807, 2.05) is 6.92 Å². The van der Waals surface area contributed by atoms with Crippen molar-refractivity contribution in [1.82, 2.24) is 4.90 Å². The number of methoxy groups -OCH3 is 2. The fraction of sp³-hybridized carbons (Fsp3) is 0.238. The van der Waals surface area contributed by atoms with Crippen molar-refractivity contribution in [3.8, 4) is 28.4 Å². The zero-order valence-electron chi connectivity index (χ0n) is 16.4. The number of rotatable bonds is 4. The Morgan fingerprint density at radius 2 is 1.71 bits per heavy atom. The van der Waals surface area contributed by atoms with Gasteiger partial charge in [0.05, 0.1) is 19.8 Å². The third kappa shape index (κ3) is 3.51. The summed E-state index contributed by atoms with van der Waals surface area (Å²) in [4.78, 5) is 25.8. The Kier molecular flexibility index (Phi) is 5.26. The van der Waals surface area contributed by atoms with Gasteiger partial charge in [0.1, 0.15) is 11.3 Å². The van der Waals surface area contributed by atoms with Crippen LogP contribution in [0.15, 0.2) is 45.6 Å². The molecule has 0 unspecified atom stereocenters. The lowest BCUT2D eigenvalue weighted by Gasteiger charge is -2.13. The van der Waals surface area contributed by atoms with E-state index in [4.69, 9.17) is 18.6 Å². The minimum Gasteiger partial charge on any atom is -0.493 e. The number of aryl methyl sites for hydroxylation is 1. The average Bonchev–Trinajstić information content (AvgIpc) is 2.68. The molecular weight excluding hydrogens is 362 g/mol. The minimum atomic E-state index is -0.491. The summed E-state index contributed by atoms with van der Waals surface area (Å²) < 4.78 is 21.4. The number of carbonyl (C=O) groups excluding carboxylic acids is 1. The number of amides is 1. The molecule has 7 nitrogen and oxygen atoms in total. The second-order valence-electron chi connectivity index (χ2n) is 6.38. The van der Waals surface area contributed by atoms with Crippen LogP contribution in [-0.4, -0.2) is 39.3 Å². The van der Waals surface area contributed by atoms with E-state index in [-0.39, 0.29) is 0 Å². The maximum Gasteiger partial charge on any atom is 0.414 e. The molecule has 28 heavy (non-hydrogen) atoms. The van der Waals surface area contributed by atoms with Gasteiger partial charge in [-0.05, 0) is 48.4 Å². The zero-order chi connectivity index (χ0) is 20.4. The number of ether oxygens (including phenoxy) is 3. The van der Waals surface area contributed by atoms with Gasteiger partial charge in [-0.2, -0.15) is 0 Å². The Morgan fingerprint density at radius 3 is 2.36 bits per heavy atom. The third-order valence-electron chi connectivity index (χ3n) is 4.38. The van der Waals surface area contributed by atoms with Gasteiger partial charge in [0, 0.05) is 19.5 Å². The summed E-state index contributed by atoms with van der Waals surface area (Å²) in [6.45, 7) is 1.82. The van der Waals surface area contributed by atoms with Crippen molar-refractivity contribution in [3.63, 3.8) is 0 Å². The summed E-state index contributed by atoms with van der Waals surface area (Å²) in [7, 11) is 6.28. The fourth-order valence-electron chi connectivity index (χ4n) is 2.91. The topological polar surface area (TPSA) is 78.2 Å². The van der Waals surface area contributed by atoms with E-state index in [1.165, 1.54) is 12.0 Å². The highest BCUT2D eigenvalue weighted by molar-refractivity contribution is 5.88. The first-order chi connectivity index (χ1) is 13.3. The molecule has 0 fully saturated rings. The molecule has 0 saturated heterocycles. The highest BCUT2D eigenvalue weighted by Crippen LogP contribution is 2.34. The van der Waals surface area contributed by atoms with Crippen molar-refractivity contribution in [3.05, 3.63) is 52.4 Å². The number of carbonyl (C=O) groups is 1. The predicted octanol–water partition coefficient (Wildman–Crippen LogP) is 3.85. The lowest BCUT2D eigenvalue weighted by Crippen LogP contribution is -2.25. The van der Waals surface area contributed by atoms with Crippen molar-refractivity contribution >= 4 is 17.1 Å². The van der Waals surface area contributed by atoms with Crippen LogP contribution in [0.25, 0.3) is 22.1 Å². The molecule has 0 radical (unpaired) electrons. The molecule has 1 amide bonds. The molecule has 0 atom stereocenters. The monoisotopic (exact) mass is 383 g/mol. The molecule has 0 bridgehead atoms. The summed E-state index contributed by atoms with van der Waals surface area (Å²) in [6, 6.07) is 10.1. The molecular formula is C21H21NO6. The molecule has 0 N–H and O–H groups in total. The standard InChI is InChI=1S/C21H21NO6/c1-12-15-11-14(27-21(24)22(2)3)7-9-16(15)28-20(23)19(12)13-6-8-17(25-4)18(10-13)26-5/h6-11H,1-5H3. The van der Waals surface area contributed by atoms with Gasteiger partial charge in [-0.25, -0.2) is 9.59 Å². The number of nitrogens with zero attached hydrogens (tertiary/aromatic N) is 1. The van der Waals surface area contributed by atoms with Crippen LogP contribution in [0, 0.1) is 6.92 Å². The van der Waals surface area contributed by atoms with Gasteiger partial charge < -0.3 is 23.5 Å². The quantitative estimate of drug-likeness (QED) is 0.637. The van der Waals surface area contributed by atoms with Crippen LogP contribution in [0.2, 0.25) is 0 Å². The number of benzene rings is 2. The van der Waals surface area contributed by atoms with Crippen LogP contribution >= 0.6 is 0 Å². The predicted molar refractivity (Wildman–Crippen MR) is 105 cm³/mol. The Labute approximate surface area is 162 Å². The SMILES string of the molecule is COc1ccc(-c2c(C)c3cc(OC(=O)N(C)C)ccc3oc2=O)cc1OC. The molecule has 0 aliphatic rings. The maximum atomic E-state index is 12.6. The lowest BCUT2D eigenvalue weighted by atomic mass is 9.99. The minimum absolute atomic E-state index is 0.362. The van der Waals surface area contributed by atoms with E-state index >= 15 is 0 Å². The van der Waals surface area contributed by atoms with Crippen LogP contribution in [0.1, 0.15) is 5.56 Å². The van der Waals surface area contributed by atoms with Crippen LogP contribution < -0.4 is 19.8 Å². The Morgan fingerprint density at radius 1 is 1.00 bits per heavy atom. The highest BCUT2D eigenvalue weighted by atomic mass is 16.6. The van der Waals surface area contributed by atoms with E-state index in [1.54, 1.807) is 57.6 Å². The highest BCUT2D eigenvalue weighted by Gasteiger charge is 2.17. The second kappa shape index (κ2) is 7.64. The van der Waals surface area contributed by atoms with Crippen LogP contribution in [-0.2, 0) is 0 Å². The lowest BCUT2D eigenvalue weighted by molar-refractivity contribution is 0.172. The van der Waals surface area contributed by atoms with E-state index in [0.29, 0.717) is 44.9 Å². The van der Waals surface area contributed by atoms with Crippen LogP contribution in [0.3, 0.4) is 0 Å². The Bertz CT molecular complexity index is 1100. The average molecular weight is 383 g/mol. The summed E-state index contributed by atoms with van der Waals surface area (Å²) in [6.07, 6.45) is -0.491. The van der Waals surface area contributed by atoms with Gasteiger partial charge in [0.2, 0.25) is 0 Å². The molecule has 146 valence electrons. The number of hydrogen-bond acceptors (Lipinski definition) is 6. The molecule has 7 heteroatoms. The summed E-state index contributed by atoms with van der Waals surface area (Å²) >= 11 is 0. The Balaban J connectivity index is 2.16. The van der Waals surface area contributed by atoms with E-state index in [0.717, 1.165) is 0 Å². The smallest absolute Gasteiger partial charge is 0.414 e. The molecule has 3 aromatic rings. The van der Waals surface area contributed by atoms with Crippen molar-refractivity contribution in [2.24, 2.45) is 0 Å². The molecule has 1 heterocycles. The van der Waals surface area contributed by atoms with Crippen molar-refractivity contribution in [1.29, 1.82) is 0 Å². The van der Waals surface area contributed by atoms with Gasteiger partial charge in [-0.3, -0.25) is 0 Å². The van der Waals surface area contributed by atoms with Crippen molar-refractivity contribution in [2.75, 3.05) is 28.3 Å². The van der Waals surface area contributed by atoms with Crippen LogP contribution in [0.5, 0.6) is 17.2 Å². The summed E-state index contributed by atoms with van der Waals surface area (Å²) in [5.74, 6) is 1.43. The Hall–Kier alpha value is -3.48. The third-order valence-corrected chi connectivity index (χ3v) is 4.38. The molecule has 3 rings (SSSR count). The molecule has 0 spiro atoms. The molecule has 0 saturated carbocycles. The molecule has 2 aromatic carbocycles. The number of hydrogen-bond donors (Lipinski definition) is 0. The maximum absolute atomic E-state index is 12.6. The van der Waals surface area contributed by atoms with Gasteiger partial charge in [0.15, 0.2) is 11.5 Å². The normalized spacial score (nSPS) is 10.6. The van der Waals surface area contributed by atoms with Gasteiger partial charge in [-0.1, -0.05) is 6.07 Å². The molecule has 0 aliphatic heterocycles. The first-order valence-corrected chi connectivity index (χ1v) is 8.54. The second-order valence-corrected chi connectivity index (χ2v) is 6.38. The van der Waals surface area contributed by atoms with Crippen LogP contribution in [0.4, 0.5) is 4.79 Å². The van der Waals surface area contributed by atoms with E-state index < -0.39 is 11.7 Å². The van der Waals surface area contributed by atoms with E-state index in [2.05, 4.69) is 0 Å². The molecule has 0 aliphatic carbocycles. The largest absolute Gasteiger partial charge is 0.493 e. The first-order valence-electron chi connectivity index (χ1n) is 8.54. The van der Waals surface area contributed by atoms with Gasteiger partial charge in [0.25, 0.3) is 0 Å². The summed E-state index contributed by atoms with van der Waals surface area (Å²) in [5, 5.41) is 0.674. The van der Waals surface area contributed by atoms with E-state index in [9.17, 15) is 9.59 Å². The van der Waals surface area contributed by atoms with Gasteiger partial charge in [-0.15, -0.1) is 0 Å².